The Morgan fingerprint density at radius 2 is 1.92 bits per heavy atom. The molecule has 0 saturated heterocycles. The maximum Gasteiger partial charge on any atom is 0.335 e. The second-order valence-electron chi connectivity index (χ2n) is 6.46. The highest BCUT2D eigenvalue weighted by Crippen LogP contribution is 2.23. The van der Waals surface area contributed by atoms with Crippen molar-refractivity contribution >= 4 is 21.7 Å². The first kappa shape index (κ1) is 21.4. The fourth-order valence-electron chi connectivity index (χ4n) is 1.99. The number of carboxylic acids is 1. The van der Waals surface area contributed by atoms with Crippen molar-refractivity contribution in [3.8, 4) is 0 Å². The van der Waals surface area contributed by atoms with Crippen LogP contribution in [0.1, 0.15) is 44.5 Å². The summed E-state index contributed by atoms with van der Waals surface area (Å²) in [6, 6.07) is 4.05. The maximum absolute atomic E-state index is 12.5. The zero-order valence-corrected chi connectivity index (χ0v) is 16.0. The van der Waals surface area contributed by atoms with Gasteiger partial charge in [0, 0.05) is 19.7 Å². The predicted molar refractivity (Wildman–Crippen MR) is 97.6 cm³/mol. The van der Waals surface area contributed by atoms with Crippen LogP contribution in [-0.4, -0.2) is 45.3 Å². The molecule has 0 amide bonds. The number of hydrogen-bond donors (Lipinski definition) is 3. The molecule has 1 rings (SSSR count). The van der Waals surface area contributed by atoms with Crippen LogP contribution in [0, 0.1) is 5.92 Å². The highest BCUT2D eigenvalue weighted by molar-refractivity contribution is 7.89. The summed E-state index contributed by atoms with van der Waals surface area (Å²) in [5, 5.41) is 12.2. The van der Waals surface area contributed by atoms with Gasteiger partial charge in [-0.25, -0.2) is 17.9 Å². The summed E-state index contributed by atoms with van der Waals surface area (Å²) >= 11 is 0. The molecule has 3 N–H and O–H groups in total. The minimum atomic E-state index is -3.81. The third kappa shape index (κ3) is 7.41. The molecule has 7 nitrogen and oxygen atoms in total. The summed E-state index contributed by atoms with van der Waals surface area (Å²) in [6.07, 6.45) is 0.851. The molecule has 1 aromatic carbocycles. The van der Waals surface area contributed by atoms with E-state index in [0.29, 0.717) is 25.3 Å². The summed E-state index contributed by atoms with van der Waals surface area (Å²) in [5.74, 6) is -1.03. The molecule has 0 aliphatic carbocycles. The highest BCUT2D eigenvalue weighted by Gasteiger charge is 2.21. The molecule has 142 valence electrons. The highest BCUT2D eigenvalue weighted by atomic mass is 32.2. The average molecular weight is 372 g/mol. The molecule has 0 unspecified atom stereocenters. The first-order chi connectivity index (χ1) is 11.6. The van der Waals surface area contributed by atoms with Crippen molar-refractivity contribution in [2.45, 2.75) is 45.1 Å². The molecule has 0 bridgehead atoms. The van der Waals surface area contributed by atoms with Crippen LogP contribution in [0.3, 0.4) is 0 Å². The lowest BCUT2D eigenvalue weighted by Gasteiger charge is -2.15. The average Bonchev–Trinajstić information content (AvgIpc) is 2.52. The monoisotopic (exact) mass is 372 g/mol. The Balaban J connectivity index is 2.94. The van der Waals surface area contributed by atoms with E-state index in [0.717, 1.165) is 0 Å². The quantitative estimate of drug-likeness (QED) is 0.516. The van der Waals surface area contributed by atoms with Crippen LogP contribution in [0.15, 0.2) is 23.1 Å². The molecule has 1 aromatic rings. The normalized spacial score (nSPS) is 11.9. The van der Waals surface area contributed by atoms with Gasteiger partial charge in [0.2, 0.25) is 10.0 Å². The number of hydrogen-bond acceptors (Lipinski definition) is 5. The maximum atomic E-state index is 12.5. The second kappa shape index (κ2) is 9.74. The predicted octanol–water partition coefficient (Wildman–Crippen LogP) is 2.55. The van der Waals surface area contributed by atoms with Crippen LogP contribution in [-0.2, 0) is 14.8 Å². The topological polar surface area (TPSA) is 105 Å². The fraction of sp³-hybridized carbons (Fsp3) is 0.588. The van der Waals surface area contributed by atoms with Crippen LogP contribution in [0.5, 0.6) is 0 Å². The van der Waals surface area contributed by atoms with Crippen LogP contribution in [0.25, 0.3) is 0 Å². The van der Waals surface area contributed by atoms with E-state index in [9.17, 15) is 13.2 Å². The first-order valence-electron chi connectivity index (χ1n) is 8.36. The molecule has 0 fully saturated rings. The van der Waals surface area contributed by atoms with Crippen molar-refractivity contribution in [3.63, 3.8) is 0 Å². The van der Waals surface area contributed by atoms with Crippen molar-refractivity contribution < 1.29 is 23.1 Å². The number of sulfonamides is 1. The zero-order chi connectivity index (χ0) is 19.0. The lowest BCUT2D eigenvalue weighted by Crippen LogP contribution is -2.28. The molecule has 0 atom stereocenters. The second-order valence-corrected chi connectivity index (χ2v) is 8.20. The van der Waals surface area contributed by atoms with Gasteiger partial charge in [-0.2, -0.15) is 0 Å². The van der Waals surface area contributed by atoms with Gasteiger partial charge in [-0.15, -0.1) is 0 Å². The third-order valence-electron chi connectivity index (χ3n) is 3.29. The van der Waals surface area contributed by atoms with E-state index in [-0.39, 0.29) is 29.0 Å². The molecule has 0 heterocycles. The van der Waals surface area contributed by atoms with Crippen molar-refractivity contribution in [1.82, 2.24) is 4.72 Å². The van der Waals surface area contributed by atoms with Gasteiger partial charge in [-0.1, -0.05) is 13.8 Å². The van der Waals surface area contributed by atoms with Gasteiger partial charge in [0.15, 0.2) is 0 Å². The molecule has 0 aliphatic rings. The molecular formula is C17H28N2O5S. The van der Waals surface area contributed by atoms with Gasteiger partial charge in [0.1, 0.15) is 4.90 Å². The molecule has 0 aromatic heterocycles. The summed E-state index contributed by atoms with van der Waals surface area (Å²) < 4.78 is 33.0. The van der Waals surface area contributed by atoms with Gasteiger partial charge in [0.25, 0.3) is 0 Å². The van der Waals surface area contributed by atoms with Gasteiger partial charge in [0.05, 0.1) is 17.4 Å². The number of carbonyl (C=O) groups is 1. The minimum Gasteiger partial charge on any atom is -0.478 e. The molecular weight excluding hydrogens is 344 g/mol. The summed E-state index contributed by atoms with van der Waals surface area (Å²) in [6.45, 7) is 9.04. The van der Waals surface area contributed by atoms with Gasteiger partial charge >= 0.3 is 5.97 Å². The Bertz CT molecular complexity index is 672. The van der Waals surface area contributed by atoms with E-state index in [2.05, 4.69) is 10.0 Å². The van der Waals surface area contributed by atoms with Gasteiger partial charge < -0.3 is 15.2 Å². The molecule has 0 spiro atoms. The SMILES string of the molecule is CC(C)CNS(=O)(=O)c1cc(C(=O)O)ccc1NCCCOC(C)C. The number of aromatic carboxylic acids is 1. The number of carboxylic acid groups (broad SMARTS) is 1. The zero-order valence-electron chi connectivity index (χ0n) is 15.2. The Morgan fingerprint density at radius 1 is 1.24 bits per heavy atom. The number of nitrogens with one attached hydrogen (secondary N) is 2. The Morgan fingerprint density at radius 3 is 2.48 bits per heavy atom. The molecule has 8 heteroatoms. The first-order valence-corrected chi connectivity index (χ1v) is 9.84. The van der Waals surface area contributed by atoms with Crippen molar-refractivity contribution in [1.29, 1.82) is 0 Å². The fourth-order valence-corrected chi connectivity index (χ4v) is 3.41. The van der Waals surface area contributed by atoms with Crippen molar-refractivity contribution in [3.05, 3.63) is 23.8 Å². The third-order valence-corrected chi connectivity index (χ3v) is 4.75. The number of rotatable bonds is 11. The van der Waals surface area contributed by atoms with E-state index in [1.54, 1.807) is 0 Å². The molecule has 25 heavy (non-hydrogen) atoms. The van der Waals surface area contributed by atoms with Gasteiger partial charge in [-0.3, -0.25) is 0 Å². The van der Waals surface area contributed by atoms with Crippen molar-refractivity contribution in [2.75, 3.05) is 25.0 Å². The van der Waals surface area contributed by atoms with Crippen molar-refractivity contribution in [2.24, 2.45) is 5.92 Å². The Kier molecular flexibility index (Phi) is 8.34. The summed E-state index contributed by atoms with van der Waals surface area (Å²) in [4.78, 5) is 11.1. The van der Waals surface area contributed by atoms with E-state index in [4.69, 9.17) is 9.84 Å². The number of anilines is 1. The lowest BCUT2D eigenvalue weighted by molar-refractivity contribution is 0.0696. The van der Waals surface area contributed by atoms with E-state index in [1.165, 1.54) is 18.2 Å². The smallest absolute Gasteiger partial charge is 0.335 e. The van der Waals surface area contributed by atoms with E-state index < -0.39 is 16.0 Å². The van der Waals surface area contributed by atoms with Gasteiger partial charge in [-0.05, 0) is 44.4 Å². The molecule has 0 saturated carbocycles. The number of benzene rings is 1. The van der Waals surface area contributed by atoms with Crippen LogP contribution in [0.2, 0.25) is 0 Å². The van der Waals surface area contributed by atoms with E-state index in [1.807, 2.05) is 27.7 Å². The molecule has 0 aliphatic heterocycles. The Hall–Kier alpha value is -1.64. The summed E-state index contributed by atoms with van der Waals surface area (Å²) in [7, 11) is -3.81. The van der Waals surface area contributed by atoms with Crippen LogP contribution in [0.4, 0.5) is 5.69 Å². The van der Waals surface area contributed by atoms with Crippen LogP contribution < -0.4 is 10.0 Å². The Labute approximate surface area is 149 Å². The largest absolute Gasteiger partial charge is 0.478 e. The molecule has 0 radical (unpaired) electrons. The van der Waals surface area contributed by atoms with E-state index >= 15 is 0 Å². The summed E-state index contributed by atoms with van der Waals surface area (Å²) in [5.41, 5.74) is 0.310. The standard InChI is InChI=1S/C17H28N2O5S/c1-12(2)11-19-25(22,23)16-10-14(17(20)21)6-7-15(16)18-8-5-9-24-13(3)4/h6-7,10,12-13,18-19H,5,8-9,11H2,1-4H3,(H,20,21). The minimum absolute atomic E-state index is 0.0576. The lowest BCUT2D eigenvalue weighted by atomic mass is 10.2. The van der Waals surface area contributed by atoms with Crippen LogP contribution >= 0.6 is 0 Å². The number of ether oxygens (including phenoxy) is 1.